The lowest BCUT2D eigenvalue weighted by molar-refractivity contribution is -0.137. The van der Waals surface area contributed by atoms with Crippen LogP contribution in [0.3, 0.4) is 0 Å². The Labute approximate surface area is 253 Å². The molecule has 222 valence electrons. The number of hydrogen-bond donors (Lipinski definition) is 2. The summed E-state index contributed by atoms with van der Waals surface area (Å²) < 4.78 is 42.6. The van der Waals surface area contributed by atoms with E-state index in [0.717, 1.165) is 39.6 Å². The van der Waals surface area contributed by atoms with Gasteiger partial charge in [-0.05, 0) is 47.1 Å². The fourth-order valence-corrected chi connectivity index (χ4v) is 6.14. The maximum atomic E-state index is 13.5. The molecule has 0 fully saturated rings. The highest BCUT2D eigenvalue weighted by atomic mass is 32.2. The van der Waals surface area contributed by atoms with Crippen LogP contribution in [0.5, 0.6) is 0 Å². The molecule has 0 bridgehead atoms. The highest BCUT2D eigenvalue weighted by molar-refractivity contribution is 8.01. The van der Waals surface area contributed by atoms with E-state index < -0.39 is 17.6 Å². The molecule has 0 atom stereocenters. The van der Waals surface area contributed by atoms with Gasteiger partial charge in [0.15, 0.2) is 15.3 Å². The summed E-state index contributed by atoms with van der Waals surface area (Å²) in [6.45, 7) is 8.08. The Kier molecular flexibility index (Phi) is 9.94. The smallest absolute Gasteiger partial charge is 0.345 e. The van der Waals surface area contributed by atoms with Crippen LogP contribution in [-0.4, -0.2) is 48.3 Å². The largest absolute Gasteiger partial charge is 0.416 e. The van der Waals surface area contributed by atoms with E-state index in [0.29, 0.717) is 10.7 Å². The molecule has 2 amide bonds. The molecule has 2 aromatic carbocycles. The summed E-state index contributed by atoms with van der Waals surface area (Å²) in [5.41, 5.74) is 0.711. The van der Waals surface area contributed by atoms with E-state index in [-0.39, 0.29) is 40.3 Å². The van der Waals surface area contributed by atoms with Gasteiger partial charge in [0.2, 0.25) is 11.0 Å². The topological polar surface area (TPSA) is 115 Å². The Morgan fingerprint density at radius 3 is 2.36 bits per heavy atom. The fourth-order valence-electron chi connectivity index (χ4n) is 3.70. The number of nitrogens with one attached hydrogen (secondary N) is 2. The summed E-state index contributed by atoms with van der Waals surface area (Å²) >= 11 is 3.74. The Bertz CT molecular complexity index is 1550. The van der Waals surface area contributed by atoms with Crippen LogP contribution in [0.15, 0.2) is 58.0 Å². The van der Waals surface area contributed by atoms with Crippen molar-refractivity contribution in [3.63, 3.8) is 0 Å². The van der Waals surface area contributed by atoms with Crippen LogP contribution in [0.2, 0.25) is 0 Å². The zero-order valence-corrected chi connectivity index (χ0v) is 25.6. The number of aromatic nitrogens is 5. The van der Waals surface area contributed by atoms with Crippen LogP contribution in [0, 0.1) is 0 Å². The van der Waals surface area contributed by atoms with Crippen LogP contribution in [0.25, 0.3) is 5.69 Å². The standard InChI is InChI=1S/C27H28F3N7O2S3/c1-5-40-25-36-34-23(42-25)32-21(38)15-41-24-35-33-20(37(24)19-8-6-7-18(13-19)27(28,29)30)14-31-22(39)16-9-11-17(12-10-16)26(2,3)4/h6-13H,5,14-15H2,1-4H3,(H,31,39)(H,32,34,38). The van der Waals surface area contributed by atoms with Crippen molar-refractivity contribution in [2.75, 3.05) is 16.8 Å². The number of rotatable bonds is 10. The number of hydrogen-bond acceptors (Lipinski definition) is 9. The molecule has 2 aromatic heterocycles. The Morgan fingerprint density at radius 2 is 1.69 bits per heavy atom. The lowest BCUT2D eigenvalue weighted by atomic mass is 9.87. The first-order valence-electron chi connectivity index (χ1n) is 12.7. The number of anilines is 1. The number of halogens is 3. The molecule has 42 heavy (non-hydrogen) atoms. The predicted molar refractivity (Wildman–Crippen MR) is 158 cm³/mol. The molecule has 0 saturated carbocycles. The second kappa shape index (κ2) is 13.3. The van der Waals surface area contributed by atoms with Gasteiger partial charge >= 0.3 is 6.18 Å². The van der Waals surface area contributed by atoms with Gasteiger partial charge in [-0.25, -0.2) is 0 Å². The van der Waals surface area contributed by atoms with Gasteiger partial charge in [-0.1, -0.05) is 80.8 Å². The second-order valence-electron chi connectivity index (χ2n) is 9.94. The minimum atomic E-state index is -4.57. The van der Waals surface area contributed by atoms with Crippen molar-refractivity contribution in [3.05, 3.63) is 71.0 Å². The molecule has 4 rings (SSSR count). The van der Waals surface area contributed by atoms with Crippen LogP contribution in [0.4, 0.5) is 18.3 Å². The van der Waals surface area contributed by atoms with Crippen LogP contribution in [-0.2, 0) is 22.9 Å². The maximum absolute atomic E-state index is 13.5. The Balaban J connectivity index is 1.53. The molecule has 0 saturated heterocycles. The monoisotopic (exact) mass is 635 g/mol. The van der Waals surface area contributed by atoms with Gasteiger partial charge in [0.25, 0.3) is 5.91 Å². The van der Waals surface area contributed by atoms with Crippen LogP contribution >= 0.6 is 34.9 Å². The Hall–Kier alpha value is -3.43. The average Bonchev–Trinajstić information content (AvgIpc) is 3.56. The summed E-state index contributed by atoms with van der Waals surface area (Å²) in [7, 11) is 0. The Morgan fingerprint density at radius 1 is 0.952 bits per heavy atom. The second-order valence-corrected chi connectivity index (χ2v) is 13.4. The van der Waals surface area contributed by atoms with E-state index in [2.05, 4.69) is 51.8 Å². The maximum Gasteiger partial charge on any atom is 0.416 e. The quantitative estimate of drug-likeness (QED) is 0.156. The normalized spacial score (nSPS) is 11.9. The predicted octanol–water partition coefficient (Wildman–Crippen LogP) is 6.21. The third-order valence-corrected chi connectivity index (χ3v) is 8.59. The molecular weight excluding hydrogens is 608 g/mol. The summed E-state index contributed by atoms with van der Waals surface area (Å²) in [6, 6.07) is 11.9. The molecule has 4 aromatic rings. The highest BCUT2D eigenvalue weighted by Gasteiger charge is 2.31. The van der Waals surface area contributed by atoms with Crippen molar-refractivity contribution in [3.8, 4) is 5.69 Å². The number of amides is 2. The number of thioether (sulfide) groups is 2. The lowest BCUT2D eigenvalue weighted by Crippen LogP contribution is -2.25. The van der Waals surface area contributed by atoms with Crippen molar-refractivity contribution < 1.29 is 22.8 Å². The van der Waals surface area contributed by atoms with E-state index in [4.69, 9.17) is 0 Å². The van der Waals surface area contributed by atoms with Crippen LogP contribution in [0.1, 0.15) is 55.0 Å². The number of carbonyl (C=O) groups excluding carboxylic acids is 2. The van der Waals surface area contributed by atoms with E-state index in [1.54, 1.807) is 12.1 Å². The average molecular weight is 636 g/mol. The minimum Gasteiger partial charge on any atom is -0.345 e. The molecule has 9 nitrogen and oxygen atoms in total. The molecule has 0 aliphatic carbocycles. The summed E-state index contributed by atoms with van der Waals surface area (Å²) in [6.07, 6.45) is -4.57. The van der Waals surface area contributed by atoms with Crippen molar-refractivity contribution in [2.24, 2.45) is 0 Å². The highest BCUT2D eigenvalue weighted by Crippen LogP contribution is 2.32. The van der Waals surface area contributed by atoms with Crippen molar-refractivity contribution >= 4 is 51.8 Å². The van der Waals surface area contributed by atoms with Gasteiger partial charge in [-0.15, -0.1) is 20.4 Å². The number of carbonyl (C=O) groups is 2. The van der Waals surface area contributed by atoms with E-state index >= 15 is 0 Å². The third kappa shape index (κ3) is 8.10. The van der Waals surface area contributed by atoms with Crippen molar-refractivity contribution in [2.45, 2.75) is 55.3 Å². The molecule has 15 heteroatoms. The fraction of sp³-hybridized carbons (Fsp3) is 0.333. The van der Waals surface area contributed by atoms with Crippen molar-refractivity contribution in [1.29, 1.82) is 0 Å². The lowest BCUT2D eigenvalue weighted by Gasteiger charge is -2.19. The van der Waals surface area contributed by atoms with E-state index in [9.17, 15) is 22.8 Å². The van der Waals surface area contributed by atoms with Gasteiger partial charge < -0.3 is 5.32 Å². The summed E-state index contributed by atoms with van der Waals surface area (Å²) in [4.78, 5) is 25.5. The number of benzene rings is 2. The summed E-state index contributed by atoms with van der Waals surface area (Å²) in [5, 5.41) is 22.1. The number of alkyl halides is 3. The first kappa shape index (κ1) is 31.5. The molecule has 0 radical (unpaired) electrons. The van der Waals surface area contributed by atoms with Gasteiger partial charge in [0.1, 0.15) is 0 Å². The minimum absolute atomic E-state index is 0.0738. The van der Waals surface area contributed by atoms with Gasteiger partial charge in [-0.2, -0.15) is 13.2 Å². The van der Waals surface area contributed by atoms with Crippen LogP contribution < -0.4 is 10.6 Å². The van der Waals surface area contributed by atoms with Crippen molar-refractivity contribution in [1.82, 2.24) is 30.3 Å². The molecule has 0 unspecified atom stereocenters. The SMILES string of the molecule is CCSc1nnc(NC(=O)CSc2nnc(CNC(=O)c3ccc(C(C)(C)C)cc3)n2-c2cccc(C(F)(F)F)c2)s1. The van der Waals surface area contributed by atoms with Gasteiger partial charge in [0, 0.05) is 5.56 Å². The summed E-state index contributed by atoms with van der Waals surface area (Å²) in [5.74, 6) is 0.133. The molecule has 2 heterocycles. The molecular formula is C27H28F3N7O2S3. The van der Waals surface area contributed by atoms with E-state index in [1.165, 1.54) is 39.8 Å². The van der Waals surface area contributed by atoms with E-state index in [1.807, 2.05) is 19.1 Å². The van der Waals surface area contributed by atoms with Gasteiger partial charge in [0.05, 0.1) is 23.5 Å². The number of nitrogens with zero attached hydrogens (tertiary/aromatic N) is 5. The molecule has 0 aliphatic rings. The van der Waals surface area contributed by atoms with Gasteiger partial charge in [-0.3, -0.25) is 19.5 Å². The zero-order chi connectivity index (χ0) is 30.5. The molecule has 0 spiro atoms. The molecule has 0 aliphatic heterocycles. The third-order valence-electron chi connectivity index (χ3n) is 5.81. The zero-order valence-electron chi connectivity index (χ0n) is 23.2. The molecule has 2 N–H and O–H groups in total. The first-order valence-corrected chi connectivity index (χ1v) is 15.5. The first-order chi connectivity index (χ1) is 19.8.